The molecule has 0 aliphatic carbocycles. The largest absolute Gasteiger partial charge is 0.493 e. The van der Waals surface area contributed by atoms with Crippen LogP contribution in [0.1, 0.15) is 44.9 Å². The van der Waals surface area contributed by atoms with Crippen molar-refractivity contribution in [3.05, 3.63) is 84.9 Å². The van der Waals surface area contributed by atoms with Crippen LogP contribution in [-0.2, 0) is 76.1 Å². The van der Waals surface area contributed by atoms with E-state index in [1.165, 1.54) is 23.5 Å². The summed E-state index contributed by atoms with van der Waals surface area (Å²) in [6, 6.07) is 27.6. The molecular formula is C56H75NO20S2. The first-order chi connectivity index (χ1) is 38.9. The molecule has 1 aliphatic heterocycles. The number of nitrogens with zero attached hydrogens (tertiary/aromatic N) is 1. The number of hydrogen-bond donors (Lipinski definition) is 0. The number of imide groups is 1. The zero-order chi connectivity index (χ0) is 55.8. The Morgan fingerprint density at radius 2 is 0.785 bits per heavy atom. The maximum atomic E-state index is 12.5. The van der Waals surface area contributed by atoms with Gasteiger partial charge in [0.2, 0.25) is 0 Å². The van der Waals surface area contributed by atoms with E-state index in [-0.39, 0.29) is 99.7 Å². The second kappa shape index (κ2) is 41.0. The Bertz CT molecular complexity index is 2290. The Labute approximate surface area is 471 Å². The number of rotatable bonds is 47. The van der Waals surface area contributed by atoms with Crippen LogP contribution in [0.4, 0.5) is 0 Å². The van der Waals surface area contributed by atoms with Gasteiger partial charge in [-0.3, -0.25) is 9.59 Å². The first-order valence-corrected chi connectivity index (χ1v) is 27.6. The molecule has 4 aromatic rings. The minimum atomic E-state index is -0.627. The number of benzene rings is 4. The Balaban J connectivity index is 1.44. The van der Waals surface area contributed by atoms with Crippen molar-refractivity contribution >= 4 is 41.3 Å². The molecular weight excluding hydrogens is 1070 g/mol. The molecule has 4 aromatic carbocycles. The highest BCUT2D eigenvalue weighted by Crippen LogP contribution is 2.49. The van der Waals surface area contributed by atoms with Crippen LogP contribution in [0, 0.1) is 0 Å². The number of hydroxylamine groups is 2. The zero-order valence-electron chi connectivity index (χ0n) is 45.4. The summed E-state index contributed by atoms with van der Waals surface area (Å²) in [6.07, 6.45) is 2.65. The maximum Gasteiger partial charge on any atom is 0.333 e. The van der Waals surface area contributed by atoms with Crippen LogP contribution in [0.2, 0.25) is 0 Å². The van der Waals surface area contributed by atoms with Gasteiger partial charge in [0.05, 0.1) is 75.9 Å². The maximum absolute atomic E-state index is 12.5. The van der Waals surface area contributed by atoms with Gasteiger partial charge in [-0.1, -0.05) is 72.8 Å². The van der Waals surface area contributed by atoms with Crippen LogP contribution in [0.15, 0.2) is 105 Å². The van der Waals surface area contributed by atoms with E-state index in [1.54, 1.807) is 21.3 Å². The standard InChI is InChI=1S/C56H75NO20S2/c1-61-22-25-64-38-70-41-67-28-31-74-49-37-53(79-45-16-10-7-11-17-45)51(76-33-30-69-43-72-40-66-27-24-63-3)35-47(49)46-34-50(75-32-29-68-42-71-39-65-26-23-62-2)52(78-44-14-8-6-9-15-44)36-48(46)73-21-13-5-4-12-18-56(60)77-57-54(58)19-20-55(57)59/h6-11,14-17,34-37H,4-5,12-13,18-33,38-43H2,1-3H3. The summed E-state index contributed by atoms with van der Waals surface area (Å²) in [5.41, 5.74) is 1.28. The molecule has 79 heavy (non-hydrogen) atoms. The molecule has 0 spiro atoms. The van der Waals surface area contributed by atoms with E-state index >= 15 is 0 Å². The number of unbranched alkanes of at least 4 members (excludes halogenated alkanes) is 3. The highest BCUT2D eigenvalue weighted by molar-refractivity contribution is 7.99. The Kier molecular flexibility index (Phi) is 33.6. The molecule has 1 fully saturated rings. The molecule has 21 nitrogen and oxygen atoms in total. The molecule has 2 amide bonds. The lowest BCUT2D eigenvalue weighted by Gasteiger charge is -2.22. The van der Waals surface area contributed by atoms with E-state index in [9.17, 15) is 14.4 Å². The second-order valence-electron chi connectivity index (χ2n) is 16.8. The summed E-state index contributed by atoms with van der Waals surface area (Å²) in [5, 5.41) is 0.573. The summed E-state index contributed by atoms with van der Waals surface area (Å²) < 4.78 is 91.3. The summed E-state index contributed by atoms with van der Waals surface area (Å²) >= 11 is 3.02. The third-order valence-electron chi connectivity index (χ3n) is 10.8. The lowest BCUT2D eigenvalue weighted by atomic mass is 10.0. The predicted octanol–water partition coefficient (Wildman–Crippen LogP) is 8.56. The van der Waals surface area contributed by atoms with Gasteiger partial charge in [0.1, 0.15) is 83.6 Å². The number of hydrogen-bond acceptors (Lipinski definition) is 22. The number of carbonyl (C=O) groups excluding carboxylic acids is 3. The van der Waals surface area contributed by atoms with Gasteiger partial charge in [-0.05, 0) is 61.4 Å². The number of amides is 2. The van der Waals surface area contributed by atoms with E-state index in [2.05, 4.69) is 0 Å². The first kappa shape index (κ1) is 64.7. The molecule has 23 heteroatoms. The van der Waals surface area contributed by atoms with E-state index in [1.807, 2.05) is 84.9 Å². The third-order valence-corrected chi connectivity index (χ3v) is 12.9. The fourth-order valence-electron chi connectivity index (χ4n) is 6.94. The number of carbonyl (C=O) groups is 3. The summed E-state index contributed by atoms with van der Waals surface area (Å²) in [5.74, 6) is 0.501. The highest BCUT2D eigenvalue weighted by Gasteiger charge is 2.32. The lowest BCUT2D eigenvalue weighted by Crippen LogP contribution is -2.31. The van der Waals surface area contributed by atoms with Gasteiger partial charge in [0, 0.05) is 61.5 Å². The molecule has 1 saturated heterocycles. The van der Waals surface area contributed by atoms with Crippen molar-refractivity contribution in [2.24, 2.45) is 0 Å². The average molecular weight is 1150 g/mol. The van der Waals surface area contributed by atoms with Gasteiger partial charge in [-0.25, -0.2) is 4.79 Å². The Morgan fingerprint density at radius 1 is 0.418 bits per heavy atom. The summed E-state index contributed by atoms with van der Waals surface area (Å²) in [7, 11) is 4.80. The smallest absolute Gasteiger partial charge is 0.333 e. The van der Waals surface area contributed by atoms with Crippen molar-refractivity contribution in [3.63, 3.8) is 0 Å². The Morgan fingerprint density at radius 3 is 1.19 bits per heavy atom. The van der Waals surface area contributed by atoms with Crippen molar-refractivity contribution in [2.45, 2.75) is 64.5 Å². The molecule has 0 N–H and O–H groups in total. The van der Waals surface area contributed by atoms with Crippen molar-refractivity contribution in [1.29, 1.82) is 0 Å². The van der Waals surface area contributed by atoms with E-state index in [4.69, 9.17) is 80.6 Å². The van der Waals surface area contributed by atoms with Crippen LogP contribution in [-0.4, -0.2) is 171 Å². The second-order valence-corrected chi connectivity index (χ2v) is 19.0. The van der Waals surface area contributed by atoms with Gasteiger partial charge in [0.15, 0.2) is 0 Å². The number of methoxy groups -OCH3 is 3. The fourth-order valence-corrected chi connectivity index (χ4v) is 8.80. The van der Waals surface area contributed by atoms with Gasteiger partial charge >= 0.3 is 5.97 Å². The van der Waals surface area contributed by atoms with E-state index in [0.717, 1.165) is 19.6 Å². The molecule has 0 aromatic heterocycles. The van der Waals surface area contributed by atoms with Crippen molar-refractivity contribution in [2.75, 3.05) is 148 Å². The minimum absolute atomic E-state index is 0.000875. The van der Waals surface area contributed by atoms with Crippen LogP contribution in [0.5, 0.6) is 23.0 Å². The van der Waals surface area contributed by atoms with Gasteiger partial charge < -0.3 is 80.6 Å². The van der Waals surface area contributed by atoms with Crippen LogP contribution in [0.25, 0.3) is 11.1 Å². The summed E-state index contributed by atoms with van der Waals surface area (Å²) in [6.45, 7) is 4.13. The topological polar surface area (TPSA) is 211 Å². The highest BCUT2D eigenvalue weighted by atomic mass is 32.2. The molecule has 0 atom stereocenters. The molecule has 5 rings (SSSR count). The van der Waals surface area contributed by atoms with Crippen molar-refractivity contribution in [1.82, 2.24) is 5.06 Å². The van der Waals surface area contributed by atoms with Crippen molar-refractivity contribution < 1.29 is 95.0 Å². The van der Waals surface area contributed by atoms with E-state index in [0.29, 0.717) is 111 Å². The Hall–Kier alpha value is -5.09. The third kappa shape index (κ3) is 26.4. The molecule has 0 saturated carbocycles. The van der Waals surface area contributed by atoms with Gasteiger partial charge in [-0.2, -0.15) is 0 Å². The minimum Gasteiger partial charge on any atom is -0.493 e. The molecule has 1 heterocycles. The summed E-state index contributed by atoms with van der Waals surface area (Å²) in [4.78, 5) is 44.9. The monoisotopic (exact) mass is 1150 g/mol. The molecule has 436 valence electrons. The molecule has 0 unspecified atom stereocenters. The zero-order valence-corrected chi connectivity index (χ0v) is 47.0. The first-order valence-electron chi connectivity index (χ1n) is 26.0. The predicted molar refractivity (Wildman–Crippen MR) is 289 cm³/mol. The quantitative estimate of drug-likeness (QED) is 0.0230. The average Bonchev–Trinajstić information content (AvgIpc) is 3.84. The van der Waals surface area contributed by atoms with E-state index < -0.39 is 17.8 Å². The van der Waals surface area contributed by atoms with Gasteiger partial charge in [-0.15, -0.1) is 5.06 Å². The van der Waals surface area contributed by atoms with Crippen molar-refractivity contribution in [3.8, 4) is 34.1 Å². The van der Waals surface area contributed by atoms with Gasteiger partial charge in [0.25, 0.3) is 11.8 Å². The normalized spacial score (nSPS) is 12.4. The lowest BCUT2D eigenvalue weighted by molar-refractivity contribution is -0.197. The number of ether oxygens (including phenoxy) is 16. The molecule has 1 aliphatic rings. The SMILES string of the molecule is COCCOCOCOCCOc1cc(-c2cc(OCCOCOCOCCOC)c(Sc3ccccc3)cc2OCCOCOCOCCOC)c(OCCCCCCC(=O)ON2C(=O)CCC2=O)cc1Sc1ccccc1. The van der Waals surface area contributed by atoms with Crippen LogP contribution < -0.4 is 18.9 Å². The van der Waals surface area contributed by atoms with Crippen LogP contribution >= 0.6 is 23.5 Å². The molecule has 0 radical (unpaired) electrons. The van der Waals surface area contributed by atoms with Crippen LogP contribution in [0.3, 0.4) is 0 Å². The fraction of sp³-hybridized carbons (Fsp3) is 0.518. The molecule has 0 bridgehead atoms.